The van der Waals surface area contributed by atoms with E-state index in [1.807, 2.05) is 30.3 Å². The van der Waals surface area contributed by atoms with Crippen molar-refractivity contribution in [3.05, 3.63) is 53.7 Å². The third kappa shape index (κ3) is 3.74. The zero-order chi connectivity index (χ0) is 16.3. The number of carbonyl (C=O) groups is 1. The summed E-state index contributed by atoms with van der Waals surface area (Å²) in [6, 6.07) is 8.43. The van der Waals surface area contributed by atoms with Crippen molar-refractivity contribution in [1.29, 1.82) is 0 Å². The number of carboxylic acids is 1. The second-order valence-electron chi connectivity index (χ2n) is 6.44. The van der Waals surface area contributed by atoms with Crippen molar-refractivity contribution in [3.63, 3.8) is 0 Å². The molecule has 1 unspecified atom stereocenters. The van der Waals surface area contributed by atoms with Crippen LogP contribution >= 0.6 is 0 Å². The standard InChI is InChI=1S/C17H22N2O3/c1-17(2,3)13-11-22-14(18-13)10-19(4)15(16(20)21)12-8-6-5-7-9-12/h5-9,11,15H,10H2,1-4H3,(H,20,21). The topological polar surface area (TPSA) is 66.6 Å². The Balaban J connectivity index is 2.17. The highest BCUT2D eigenvalue weighted by Gasteiger charge is 2.26. The van der Waals surface area contributed by atoms with Gasteiger partial charge in [-0.2, -0.15) is 0 Å². The van der Waals surface area contributed by atoms with Gasteiger partial charge in [0.15, 0.2) is 0 Å². The molecule has 0 radical (unpaired) electrons. The summed E-state index contributed by atoms with van der Waals surface area (Å²) < 4.78 is 5.48. The smallest absolute Gasteiger partial charge is 0.325 e. The van der Waals surface area contributed by atoms with Crippen molar-refractivity contribution in [2.75, 3.05) is 7.05 Å². The molecule has 0 spiro atoms. The molecular weight excluding hydrogens is 280 g/mol. The first kappa shape index (κ1) is 16.2. The van der Waals surface area contributed by atoms with Gasteiger partial charge in [0, 0.05) is 5.41 Å². The Hall–Kier alpha value is -2.14. The van der Waals surface area contributed by atoms with Crippen LogP contribution in [-0.2, 0) is 16.8 Å². The monoisotopic (exact) mass is 302 g/mol. The van der Waals surface area contributed by atoms with Gasteiger partial charge in [-0.3, -0.25) is 9.69 Å². The number of nitrogens with zero attached hydrogens (tertiary/aromatic N) is 2. The highest BCUT2D eigenvalue weighted by Crippen LogP contribution is 2.24. The predicted octanol–water partition coefficient (Wildman–Crippen LogP) is 3.23. The average Bonchev–Trinajstić information content (AvgIpc) is 2.88. The predicted molar refractivity (Wildman–Crippen MR) is 83.5 cm³/mol. The zero-order valence-corrected chi connectivity index (χ0v) is 13.4. The Morgan fingerprint density at radius 1 is 1.32 bits per heavy atom. The summed E-state index contributed by atoms with van der Waals surface area (Å²) >= 11 is 0. The van der Waals surface area contributed by atoms with Gasteiger partial charge < -0.3 is 9.52 Å². The Bertz CT molecular complexity index is 629. The second-order valence-corrected chi connectivity index (χ2v) is 6.44. The highest BCUT2D eigenvalue weighted by atomic mass is 16.4. The van der Waals surface area contributed by atoms with Crippen LogP contribution in [-0.4, -0.2) is 28.0 Å². The molecule has 0 bridgehead atoms. The van der Waals surface area contributed by atoms with Gasteiger partial charge in [0.05, 0.1) is 12.2 Å². The van der Waals surface area contributed by atoms with Gasteiger partial charge in [0.25, 0.3) is 0 Å². The van der Waals surface area contributed by atoms with E-state index in [9.17, 15) is 9.90 Å². The molecule has 1 heterocycles. The second kappa shape index (κ2) is 6.32. The van der Waals surface area contributed by atoms with Crippen molar-refractivity contribution >= 4 is 5.97 Å². The maximum absolute atomic E-state index is 11.6. The van der Waals surface area contributed by atoms with Crippen LogP contribution in [0, 0.1) is 0 Å². The summed E-state index contributed by atoms with van der Waals surface area (Å²) in [6.07, 6.45) is 1.64. The largest absolute Gasteiger partial charge is 0.480 e. The van der Waals surface area contributed by atoms with Crippen molar-refractivity contribution in [2.24, 2.45) is 0 Å². The number of aliphatic carboxylic acids is 1. The lowest BCUT2D eigenvalue weighted by Crippen LogP contribution is -2.30. The number of aromatic nitrogens is 1. The van der Waals surface area contributed by atoms with E-state index in [1.165, 1.54) is 0 Å². The third-order valence-corrected chi connectivity index (χ3v) is 3.49. The molecule has 1 aromatic heterocycles. The van der Waals surface area contributed by atoms with Gasteiger partial charge in [-0.25, -0.2) is 4.98 Å². The molecule has 0 aliphatic heterocycles. The Kier molecular flexibility index (Phi) is 4.66. The number of benzene rings is 1. The number of oxazole rings is 1. The fraction of sp³-hybridized carbons (Fsp3) is 0.412. The van der Waals surface area contributed by atoms with Crippen molar-refractivity contribution in [3.8, 4) is 0 Å². The lowest BCUT2D eigenvalue weighted by Gasteiger charge is -2.23. The van der Waals surface area contributed by atoms with E-state index >= 15 is 0 Å². The zero-order valence-electron chi connectivity index (χ0n) is 13.4. The van der Waals surface area contributed by atoms with Crippen LogP contribution in [0.4, 0.5) is 0 Å². The maximum Gasteiger partial charge on any atom is 0.325 e. The number of carboxylic acid groups (broad SMARTS) is 1. The molecule has 118 valence electrons. The molecule has 0 amide bonds. The number of likely N-dealkylation sites (N-methyl/N-ethyl adjacent to an activating group) is 1. The highest BCUT2D eigenvalue weighted by molar-refractivity contribution is 5.75. The minimum Gasteiger partial charge on any atom is -0.480 e. The number of hydrogen-bond donors (Lipinski definition) is 1. The molecule has 0 fully saturated rings. The molecule has 22 heavy (non-hydrogen) atoms. The Labute approximate surface area is 130 Å². The molecular formula is C17H22N2O3. The molecule has 2 rings (SSSR count). The summed E-state index contributed by atoms with van der Waals surface area (Å²) in [6.45, 7) is 6.51. The van der Waals surface area contributed by atoms with Crippen LogP contribution in [0.25, 0.3) is 0 Å². The fourth-order valence-electron chi connectivity index (χ4n) is 2.25. The first-order valence-corrected chi connectivity index (χ1v) is 7.22. The third-order valence-electron chi connectivity index (χ3n) is 3.49. The van der Waals surface area contributed by atoms with Gasteiger partial charge in [0.1, 0.15) is 12.3 Å². The van der Waals surface area contributed by atoms with Crippen molar-refractivity contribution in [1.82, 2.24) is 9.88 Å². The molecule has 0 aliphatic rings. The van der Waals surface area contributed by atoms with E-state index < -0.39 is 12.0 Å². The van der Waals surface area contributed by atoms with Crippen LogP contribution in [0.15, 0.2) is 41.0 Å². The van der Waals surface area contributed by atoms with Gasteiger partial charge in [-0.1, -0.05) is 51.1 Å². The first-order valence-electron chi connectivity index (χ1n) is 7.22. The summed E-state index contributed by atoms with van der Waals surface area (Å²) in [5.41, 5.74) is 1.51. The van der Waals surface area contributed by atoms with Gasteiger partial charge in [0.2, 0.25) is 5.89 Å². The summed E-state index contributed by atoms with van der Waals surface area (Å²) in [7, 11) is 1.76. The molecule has 1 aromatic carbocycles. The summed E-state index contributed by atoms with van der Waals surface area (Å²) in [4.78, 5) is 17.8. The van der Waals surface area contributed by atoms with Crippen molar-refractivity contribution in [2.45, 2.75) is 38.8 Å². The molecule has 0 saturated carbocycles. The van der Waals surface area contributed by atoms with E-state index in [1.54, 1.807) is 18.2 Å². The molecule has 1 atom stereocenters. The fourth-order valence-corrected chi connectivity index (χ4v) is 2.25. The van der Waals surface area contributed by atoms with E-state index in [4.69, 9.17) is 4.42 Å². The average molecular weight is 302 g/mol. The van der Waals surface area contributed by atoms with Gasteiger partial charge in [-0.05, 0) is 12.6 Å². The van der Waals surface area contributed by atoms with E-state index in [0.29, 0.717) is 12.4 Å². The number of hydrogen-bond acceptors (Lipinski definition) is 4. The molecule has 1 N–H and O–H groups in total. The lowest BCUT2D eigenvalue weighted by atomic mass is 9.93. The Morgan fingerprint density at radius 3 is 2.45 bits per heavy atom. The lowest BCUT2D eigenvalue weighted by molar-refractivity contribution is -0.143. The molecule has 0 saturated heterocycles. The molecule has 5 nitrogen and oxygen atoms in total. The van der Waals surface area contributed by atoms with Crippen LogP contribution < -0.4 is 0 Å². The van der Waals surface area contributed by atoms with Crippen LogP contribution in [0.2, 0.25) is 0 Å². The minimum atomic E-state index is -0.892. The van der Waals surface area contributed by atoms with Gasteiger partial charge >= 0.3 is 5.97 Å². The SMILES string of the molecule is CN(Cc1nc(C(C)(C)C)co1)C(C(=O)O)c1ccccc1. The van der Waals surface area contributed by atoms with E-state index in [2.05, 4.69) is 25.8 Å². The van der Waals surface area contributed by atoms with Crippen LogP contribution in [0.5, 0.6) is 0 Å². The van der Waals surface area contributed by atoms with E-state index in [0.717, 1.165) is 11.3 Å². The quantitative estimate of drug-likeness (QED) is 0.918. The maximum atomic E-state index is 11.6. The van der Waals surface area contributed by atoms with Gasteiger partial charge in [-0.15, -0.1) is 0 Å². The molecule has 0 aliphatic carbocycles. The van der Waals surface area contributed by atoms with Crippen molar-refractivity contribution < 1.29 is 14.3 Å². The van der Waals surface area contributed by atoms with Crippen LogP contribution in [0.1, 0.15) is 44.0 Å². The number of rotatable bonds is 5. The summed E-state index contributed by atoms with van der Waals surface area (Å²) in [5.74, 6) is -0.370. The minimum absolute atomic E-state index is 0.0913. The normalized spacial score (nSPS) is 13.3. The summed E-state index contributed by atoms with van der Waals surface area (Å²) in [5, 5.41) is 9.52. The van der Waals surface area contributed by atoms with Crippen LogP contribution in [0.3, 0.4) is 0 Å². The van der Waals surface area contributed by atoms with E-state index in [-0.39, 0.29) is 5.41 Å². The molecule has 5 heteroatoms. The molecule has 2 aromatic rings. The first-order chi connectivity index (χ1) is 10.3. The Morgan fingerprint density at radius 2 is 1.95 bits per heavy atom.